The number of hydrogen-bond acceptors (Lipinski definition) is 4. The van der Waals surface area contributed by atoms with Crippen LogP contribution in [0.3, 0.4) is 0 Å². The first-order valence-corrected chi connectivity index (χ1v) is 6.45. The minimum absolute atomic E-state index is 0.305. The summed E-state index contributed by atoms with van der Waals surface area (Å²) in [5.74, 6) is 5.93. The van der Waals surface area contributed by atoms with E-state index in [0.29, 0.717) is 17.9 Å². The van der Waals surface area contributed by atoms with Crippen LogP contribution in [0.4, 0.5) is 4.39 Å². The molecular formula is C15H18FN3O. The van der Waals surface area contributed by atoms with Crippen LogP contribution in [0.5, 0.6) is 5.75 Å². The van der Waals surface area contributed by atoms with Gasteiger partial charge in [0.1, 0.15) is 11.6 Å². The topological polar surface area (TPSA) is 60.2 Å². The lowest BCUT2D eigenvalue weighted by Gasteiger charge is -2.18. The zero-order valence-corrected chi connectivity index (χ0v) is 11.6. The van der Waals surface area contributed by atoms with E-state index < -0.39 is 6.04 Å². The van der Waals surface area contributed by atoms with Crippen LogP contribution in [0.25, 0.3) is 0 Å². The molecule has 0 bridgehead atoms. The van der Waals surface area contributed by atoms with E-state index in [1.165, 1.54) is 6.07 Å². The van der Waals surface area contributed by atoms with Gasteiger partial charge in [0.15, 0.2) is 0 Å². The Morgan fingerprint density at radius 2 is 2.15 bits per heavy atom. The van der Waals surface area contributed by atoms with Crippen LogP contribution in [-0.2, 0) is 0 Å². The molecule has 0 aliphatic heterocycles. The molecule has 2 rings (SSSR count). The number of nitrogens with two attached hydrogens (primary N) is 1. The lowest BCUT2D eigenvalue weighted by molar-refractivity contribution is 0.338. The molecule has 1 unspecified atom stereocenters. The van der Waals surface area contributed by atoms with Crippen molar-refractivity contribution in [2.75, 3.05) is 6.61 Å². The molecule has 106 valence electrons. The molecule has 0 amide bonds. The molecule has 1 atom stereocenters. The van der Waals surface area contributed by atoms with Crippen molar-refractivity contribution in [2.24, 2.45) is 5.84 Å². The highest BCUT2D eigenvalue weighted by molar-refractivity contribution is 5.36. The molecule has 0 aliphatic carbocycles. The van der Waals surface area contributed by atoms with E-state index in [1.54, 1.807) is 24.5 Å². The standard InChI is InChI=1S/C15H18FN3O/c1-3-20-12-7-11(8-18-9-12)15(19-17)13-6-10(2)4-5-14(13)16/h4-9,15,19H,3,17H2,1-2H3. The summed E-state index contributed by atoms with van der Waals surface area (Å²) in [5, 5.41) is 0. The summed E-state index contributed by atoms with van der Waals surface area (Å²) in [6, 6.07) is 6.27. The molecule has 1 aromatic heterocycles. The number of hydrogen-bond donors (Lipinski definition) is 2. The largest absolute Gasteiger partial charge is 0.492 e. The van der Waals surface area contributed by atoms with Gasteiger partial charge in [0, 0.05) is 11.8 Å². The summed E-state index contributed by atoms with van der Waals surface area (Å²) in [6.45, 7) is 4.35. The molecule has 0 aliphatic rings. The van der Waals surface area contributed by atoms with Crippen LogP contribution in [0, 0.1) is 12.7 Å². The quantitative estimate of drug-likeness (QED) is 0.650. The number of hydrazine groups is 1. The average Bonchev–Trinajstić information content (AvgIpc) is 2.44. The zero-order chi connectivity index (χ0) is 14.5. The van der Waals surface area contributed by atoms with Gasteiger partial charge < -0.3 is 4.74 Å². The molecule has 1 aromatic carbocycles. The lowest BCUT2D eigenvalue weighted by atomic mass is 9.98. The van der Waals surface area contributed by atoms with Gasteiger partial charge in [-0.2, -0.15) is 0 Å². The predicted molar refractivity (Wildman–Crippen MR) is 75.7 cm³/mol. The molecule has 0 spiro atoms. The molecule has 4 nitrogen and oxygen atoms in total. The monoisotopic (exact) mass is 275 g/mol. The second-order valence-electron chi connectivity index (χ2n) is 4.51. The first-order chi connectivity index (χ1) is 9.65. The van der Waals surface area contributed by atoms with Gasteiger partial charge in [-0.25, -0.2) is 9.82 Å². The number of nitrogens with one attached hydrogen (secondary N) is 1. The SMILES string of the molecule is CCOc1cncc(C(NN)c2cc(C)ccc2F)c1. The van der Waals surface area contributed by atoms with Gasteiger partial charge in [-0.15, -0.1) is 0 Å². The predicted octanol–water partition coefficient (Wildman–Crippen LogP) is 2.48. The van der Waals surface area contributed by atoms with Crippen molar-refractivity contribution in [1.82, 2.24) is 10.4 Å². The molecule has 0 radical (unpaired) electrons. The summed E-state index contributed by atoms with van der Waals surface area (Å²) in [5.41, 5.74) is 4.85. The van der Waals surface area contributed by atoms with Crippen LogP contribution in [0.1, 0.15) is 29.7 Å². The minimum Gasteiger partial charge on any atom is -0.492 e. The Balaban J connectivity index is 2.41. The fraction of sp³-hybridized carbons (Fsp3) is 0.267. The van der Waals surface area contributed by atoms with E-state index in [0.717, 1.165) is 11.1 Å². The van der Waals surface area contributed by atoms with Crippen molar-refractivity contribution in [2.45, 2.75) is 19.9 Å². The molecule has 0 saturated heterocycles. The molecule has 5 heteroatoms. The first kappa shape index (κ1) is 14.4. The van der Waals surface area contributed by atoms with E-state index >= 15 is 0 Å². The molecule has 20 heavy (non-hydrogen) atoms. The van der Waals surface area contributed by atoms with Gasteiger partial charge in [-0.1, -0.05) is 17.7 Å². The Morgan fingerprint density at radius 1 is 1.35 bits per heavy atom. The van der Waals surface area contributed by atoms with Crippen molar-refractivity contribution < 1.29 is 9.13 Å². The van der Waals surface area contributed by atoms with Gasteiger partial charge in [0.2, 0.25) is 0 Å². The summed E-state index contributed by atoms with van der Waals surface area (Å²) < 4.78 is 19.4. The highest BCUT2D eigenvalue weighted by Crippen LogP contribution is 2.26. The zero-order valence-electron chi connectivity index (χ0n) is 11.6. The summed E-state index contributed by atoms with van der Waals surface area (Å²) in [4.78, 5) is 4.11. The third-order valence-corrected chi connectivity index (χ3v) is 3.01. The number of rotatable bonds is 5. The molecular weight excluding hydrogens is 257 g/mol. The number of nitrogens with zero attached hydrogens (tertiary/aromatic N) is 1. The van der Waals surface area contributed by atoms with Crippen molar-refractivity contribution in [3.8, 4) is 5.75 Å². The Hall–Kier alpha value is -1.98. The number of pyridine rings is 1. The van der Waals surface area contributed by atoms with Gasteiger partial charge >= 0.3 is 0 Å². The third-order valence-electron chi connectivity index (χ3n) is 3.01. The number of benzene rings is 1. The highest BCUT2D eigenvalue weighted by atomic mass is 19.1. The van der Waals surface area contributed by atoms with Crippen LogP contribution in [0.2, 0.25) is 0 Å². The Kier molecular flexibility index (Phi) is 4.65. The van der Waals surface area contributed by atoms with Crippen LogP contribution < -0.4 is 16.0 Å². The van der Waals surface area contributed by atoms with E-state index in [4.69, 9.17) is 10.6 Å². The number of aromatic nitrogens is 1. The summed E-state index contributed by atoms with van der Waals surface area (Å²) in [6.07, 6.45) is 3.27. The van der Waals surface area contributed by atoms with Gasteiger partial charge in [-0.05, 0) is 31.5 Å². The van der Waals surface area contributed by atoms with Crippen LogP contribution in [0.15, 0.2) is 36.7 Å². The Morgan fingerprint density at radius 3 is 2.85 bits per heavy atom. The number of ether oxygens (including phenoxy) is 1. The molecule has 2 aromatic rings. The first-order valence-electron chi connectivity index (χ1n) is 6.45. The second-order valence-corrected chi connectivity index (χ2v) is 4.51. The van der Waals surface area contributed by atoms with Crippen molar-refractivity contribution in [1.29, 1.82) is 0 Å². The van der Waals surface area contributed by atoms with Crippen molar-refractivity contribution in [3.63, 3.8) is 0 Å². The van der Waals surface area contributed by atoms with E-state index in [1.807, 2.05) is 19.9 Å². The maximum absolute atomic E-state index is 14.0. The molecule has 1 heterocycles. The summed E-state index contributed by atoms with van der Waals surface area (Å²) >= 11 is 0. The average molecular weight is 275 g/mol. The van der Waals surface area contributed by atoms with Crippen LogP contribution in [-0.4, -0.2) is 11.6 Å². The number of aryl methyl sites for hydroxylation is 1. The normalized spacial score (nSPS) is 12.2. The number of halogens is 1. The van der Waals surface area contributed by atoms with Gasteiger partial charge in [0.25, 0.3) is 0 Å². The van der Waals surface area contributed by atoms with Crippen molar-refractivity contribution >= 4 is 0 Å². The Labute approximate surface area is 117 Å². The van der Waals surface area contributed by atoms with Crippen LogP contribution >= 0.6 is 0 Å². The maximum atomic E-state index is 14.0. The van der Waals surface area contributed by atoms with Crippen molar-refractivity contribution in [3.05, 3.63) is 59.2 Å². The van der Waals surface area contributed by atoms with E-state index in [2.05, 4.69) is 10.4 Å². The summed E-state index contributed by atoms with van der Waals surface area (Å²) in [7, 11) is 0. The van der Waals surface area contributed by atoms with E-state index in [-0.39, 0.29) is 5.82 Å². The second kappa shape index (κ2) is 6.45. The maximum Gasteiger partial charge on any atom is 0.137 e. The highest BCUT2D eigenvalue weighted by Gasteiger charge is 2.17. The minimum atomic E-state index is -0.470. The molecule has 0 saturated carbocycles. The lowest BCUT2D eigenvalue weighted by Crippen LogP contribution is -2.29. The van der Waals surface area contributed by atoms with Gasteiger partial charge in [-0.3, -0.25) is 10.8 Å². The smallest absolute Gasteiger partial charge is 0.137 e. The fourth-order valence-corrected chi connectivity index (χ4v) is 2.09. The fourth-order valence-electron chi connectivity index (χ4n) is 2.09. The van der Waals surface area contributed by atoms with Gasteiger partial charge in [0.05, 0.1) is 18.8 Å². The Bertz CT molecular complexity index is 589. The van der Waals surface area contributed by atoms with E-state index in [9.17, 15) is 4.39 Å². The third kappa shape index (κ3) is 3.12. The molecule has 0 fully saturated rings. The molecule has 3 N–H and O–H groups in total.